The molecule has 0 aliphatic carbocycles. The summed E-state index contributed by atoms with van der Waals surface area (Å²) in [7, 11) is 0. The Labute approximate surface area is 170 Å². The summed E-state index contributed by atoms with van der Waals surface area (Å²) in [6, 6.07) is 18.9. The van der Waals surface area contributed by atoms with E-state index in [1.807, 2.05) is 30.5 Å². The van der Waals surface area contributed by atoms with Crippen molar-refractivity contribution in [2.45, 2.75) is 32.6 Å². The van der Waals surface area contributed by atoms with E-state index in [9.17, 15) is 5.11 Å². The van der Waals surface area contributed by atoms with Crippen LogP contribution in [0.3, 0.4) is 0 Å². The van der Waals surface area contributed by atoms with Crippen LogP contribution in [0.2, 0.25) is 0 Å². The Morgan fingerprint density at radius 2 is 1.55 bits per heavy atom. The fourth-order valence-electron chi connectivity index (χ4n) is 3.17. The molecule has 1 N–H and O–H groups in total. The summed E-state index contributed by atoms with van der Waals surface area (Å²) in [5.74, 6) is 1.15. The lowest BCUT2D eigenvalue weighted by Crippen LogP contribution is -1.89. The maximum absolute atomic E-state index is 9.40. The van der Waals surface area contributed by atoms with Gasteiger partial charge < -0.3 is 9.63 Å². The molecule has 5 nitrogen and oxygen atoms in total. The van der Waals surface area contributed by atoms with Gasteiger partial charge >= 0.3 is 0 Å². The zero-order chi connectivity index (χ0) is 20.1. The van der Waals surface area contributed by atoms with E-state index in [0.717, 1.165) is 28.8 Å². The van der Waals surface area contributed by atoms with E-state index in [-0.39, 0.29) is 5.75 Å². The number of phenols is 1. The highest BCUT2D eigenvalue weighted by Gasteiger charge is 2.11. The zero-order valence-electron chi connectivity index (χ0n) is 16.4. The minimum atomic E-state index is 0.201. The van der Waals surface area contributed by atoms with Gasteiger partial charge in [0, 0.05) is 22.9 Å². The topological polar surface area (TPSA) is 72.0 Å². The van der Waals surface area contributed by atoms with Gasteiger partial charge in [-0.25, -0.2) is 0 Å². The van der Waals surface area contributed by atoms with Crippen LogP contribution in [0.5, 0.6) is 5.75 Å². The zero-order valence-corrected chi connectivity index (χ0v) is 16.4. The number of hydrogen-bond acceptors (Lipinski definition) is 5. The summed E-state index contributed by atoms with van der Waals surface area (Å²) in [5.41, 5.74) is 4.93. The fourth-order valence-corrected chi connectivity index (χ4v) is 3.17. The predicted molar refractivity (Wildman–Crippen MR) is 113 cm³/mol. The molecule has 4 aromatic rings. The van der Waals surface area contributed by atoms with Crippen LogP contribution in [0.25, 0.3) is 34.1 Å². The lowest BCUT2D eigenvalue weighted by Gasteiger charge is -2.04. The minimum absolute atomic E-state index is 0.201. The number of nitrogens with zero attached hydrogens (tertiary/aromatic N) is 3. The highest BCUT2D eigenvalue weighted by molar-refractivity contribution is 5.66. The van der Waals surface area contributed by atoms with Gasteiger partial charge in [-0.2, -0.15) is 4.98 Å². The number of rotatable bonds is 7. The Hall–Kier alpha value is -3.47. The lowest BCUT2D eigenvalue weighted by molar-refractivity contribution is 0.432. The van der Waals surface area contributed by atoms with Crippen molar-refractivity contribution in [1.82, 2.24) is 15.1 Å². The predicted octanol–water partition coefficient (Wildman–Crippen LogP) is 5.90. The van der Waals surface area contributed by atoms with Gasteiger partial charge in [-0.05, 0) is 48.7 Å². The number of aryl methyl sites for hydroxylation is 1. The van der Waals surface area contributed by atoms with Crippen molar-refractivity contribution < 1.29 is 9.63 Å². The second kappa shape index (κ2) is 8.69. The van der Waals surface area contributed by atoms with Gasteiger partial charge in [0.05, 0.1) is 5.69 Å². The van der Waals surface area contributed by atoms with Crippen LogP contribution >= 0.6 is 0 Å². The summed E-state index contributed by atoms with van der Waals surface area (Å²) >= 11 is 0. The molecule has 0 unspecified atom stereocenters. The average Bonchev–Trinajstić information content (AvgIpc) is 3.25. The molecular formula is C24H23N3O2. The monoisotopic (exact) mass is 385 g/mol. The van der Waals surface area contributed by atoms with Crippen molar-refractivity contribution in [2.75, 3.05) is 0 Å². The van der Waals surface area contributed by atoms with Crippen LogP contribution in [0, 0.1) is 0 Å². The Balaban J connectivity index is 1.47. The van der Waals surface area contributed by atoms with Crippen molar-refractivity contribution in [3.63, 3.8) is 0 Å². The molecule has 0 aliphatic heterocycles. The molecule has 0 fully saturated rings. The molecule has 0 saturated carbocycles. The minimum Gasteiger partial charge on any atom is -0.508 e. The SMILES string of the molecule is CCCCCc1ccc(-c2ccc(-c3noc(-c4ccc(O)cc4)n3)cc2)nc1. The van der Waals surface area contributed by atoms with Gasteiger partial charge in [0.2, 0.25) is 5.82 Å². The Bertz CT molecular complexity index is 1050. The fraction of sp³-hybridized carbons (Fsp3) is 0.208. The van der Waals surface area contributed by atoms with E-state index in [1.165, 1.54) is 24.8 Å². The number of aromatic nitrogens is 3. The van der Waals surface area contributed by atoms with Crippen LogP contribution in [-0.2, 0) is 6.42 Å². The number of pyridine rings is 1. The van der Waals surface area contributed by atoms with Gasteiger partial charge in [-0.1, -0.05) is 55.3 Å². The third kappa shape index (κ3) is 4.51. The van der Waals surface area contributed by atoms with Gasteiger partial charge in [-0.3, -0.25) is 4.98 Å². The smallest absolute Gasteiger partial charge is 0.258 e. The van der Waals surface area contributed by atoms with Gasteiger partial charge in [0.1, 0.15) is 5.75 Å². The molecule has 5 heteroatoms. The Morgan fingerprint density at radius 3 is 2.24 bits per heavy atom. The third-order valence-electron chi connectivity index (χ3n) is 4.87. The molecule has 4 rings (SSSR count). The maximum atomic E-state index is 9.40. The summed E-state index contributed by atoms with van der Waals surface area (Å²) in [4.78, 5) is 9.07. The highest BCUT2D eigenvalue weighted by Crippen LogP contribution is 2.26. The van der Waals surface area contributed by atoms with Crippen LogP contribution in [0.15, 0.2) is 71.4 Å². The van der Waals surface area contributed by atoms with E-state index >= 15 is 0 Å². The molecule has 0 aliphatic rings. The van der Waals surface area contributed by atoms with E-state index in [0.29, 0.717) is 11.7 Å². The molecule has 0 bridgehead atoms. The number of unbranched alkanes of at least 4 members (excludes halogenated alkanes) is 2. The molecule has 2 aromatic carbocycles. The lowest BCUT2D eigenvalue weighted by atomic mass is 10.1. The third-order valence-corrected chi connectivity index (χ3v) is 4.87. The summed E-state index contributed by atoms with van der Waals surface area (Å²) in [6.45, 7) is 2.22. The first-order valence-corrected chi connectivity index (χ1v) is 9.92. The molecule has 0 radical (unpaired) electrons. The van der Waals surface area contributed by atoms with Crippen LogP contribution < -0.4 is 0 Å². The van der Waals surface area contributed by atoms with Crippen molar-refractivity contribution in [1.29, 1.82) is 0 Å². The van der Waals surface area contributed by atoms with E-state index < -0.39 is 0 Å². The van der Waals surface area contributed by atoms with Crippen molar-refractivity contribution in [3.8, 4) is 39.8 Å². The molecule has 29 heavy (non-hydrogen) atoms. The van der Waals surface area contributed by atoms with Crippen molar-refractivity contribution in [2.24, 2.45) is 0 Å². The molecule has 2 aromatic heterocycles. The molecule has 2 heterocycles. The van der Waals surface area contributed by atoms with Crippen LogP contribution in [0.1, 0.15) is 31.7 Å². The number of phenolic OH excluding ortho intramolecular Hbond substituents is 1. The van der Waals surface area contributed by atoms with Crippen molar-refractivity contribution >= 4 is 0 Å². The average molecular weight is 385 g/mol. The first-order valence-electron chi connectivity index (χ1n) is 9.92. The first-order chi connectivity index (χ1) is 14.2. The molecule has 0 atom stereocenters. The molecular weight excluding hydrogens is 362 g/mol. The molecule has 0 amide bonds. The van der Waals surface area contributed by atoms with Crippen molar-refractivity contribution in [3.05, 3.63) is 72.4 Å². The van der Waals surface area contributed by atoms with E-state index in [1.54, 1.807) is 24.3 Å². The highest BCUT2D eigenvalue weighted by atomic mass is 16.5. The van der Waals surface area contributed by atoms with E-state index in [2.05, 4.69) is 34.2 Å². The molecule has 0 saturated heterocycles. The summed E-state index contributed by atoms with van der Waals surface area (Å²) < 4.78 is 5.36. The molecule has 146 valence electrons. The normalized spacial score (nSPS) is 10.9. The maximum Gasteiger partial charge on any atom is 0.258 e. The van der Waals surface area contributed by atoms with Gasteiger partial charge in [0.25, 0.3) is 5.89 Å². The van der Waals surface area contributed by atoms with Crippen LogP contribution in [-0.4, -0.2) is 20.2 Å². The standard InChI is InChI=1S/C24H23N3O2/c1-2-3-4-5-17-6-15-22(25-16-17)18-7-9-19(10-8-18)23-26-24(29-27-23)20-11-13-21(28)14-12-20/h6-16,28H,2-5H2,1H3. The number of aromatic hydroxyl groups is 1. The summed E-state index contributed by atoms with van der Waals surface area (Å²) in [5, 5.41) is 13.5. The number of hydrogen-bond donors (Lipinski definition) is 1. The largest absolute Gasteiger partial charge is 0.508 e. The number of benzene rings is 2. The Kier molecular flexibility index (Phi) is 5.66. The molecule has 0 spiro atoms. The van der Waals surface area contributed by atoms with Gasteiger partial charge in [0.15, 0.2) is 0 Å². The van der Waals surface area contributed by atoms with E-state index in [4.69, 9.17) is 4.52 Å². The second-order valence-corrected chi connectivity index (χ2v) is 7.06. The quantitative estimate of drug-likeness (QED) is 0.401. The van der Waals surface area contributed by atoms with Crippen LogP contribution in [0.4, 0.5) is 0 Å². The summed E-state index contributed by atoms with van der Waals surface area (Å²) in [6.07, 6.45) is 6.76. The Morgan fingerprint density at radius 1 is 0.828 bits per heavy atom. The van der Waals surface area contributed by atoms with Gasteiger partial charge in [-0.15, -0.1) is 0 Å². The second-order valence-electron chi connectivity index (χ2n) is 7.06. The first kappa shape index (κ1) is 18.9.